The van der Waals surface area contributed by atoms with Gasteiger partial charge in [0, 0.05) is 7.12 Å². The smallest absolute Gasteiger partial charge is 0.321 e. The normalized spacial score (nSPS) is 14.6. The van der Waals surface area contributed by atoms with Crippen LogP contribution in [-0.4, -0.2) is 28.6 Å². The standard InChI is InChI=1S/C5H11NO2S/c1-2-9-3-4(6)5(7)8/h4H,2-3,6H2,1H3,(H,7,8)/t4-/m0/s1/i1D. The largest absolute Gasteiger partial charge is 0.480 e. The van der Waals surface area contributed by atoms with Crippen molar-refractivity contribution in [3.05, 3.63) is 0 Å². The zero-order valence-corrected chi connectivity index (χ0v) is 5.86. The van der Waals surface area contributed by atoms with Crippen LogP contribution in [0.5, 0.6) is 0 Å². The highest BCUT2D eigenvalue weighted by Gasteiger charge is 2.09. The van der Waals surface area contributed by atoms with Gasteiger partial charge in [-0.25, -0.2) is 0 Å². The number of rotatable bonds is 4. The summed E-state index contributed by atoms with van der Waals surface area (Å²) < 4.78 is 6.75. The van der Waals surface area contributed by atoms with E-state index in [0.717, 1.165) is 0 Å². The monoisotopic (exact) mass is 150 g/mol. The summed E-state index contributed by atoms with van der Waals surface area (Å²) in [6, 6.07) is -0.781. The molecule has 0 aromatic carbocycles. The van der Waals surface area contributed by atoms with E-state index in [4.69, 9.17) is 12.2 Å². The molecule has 54 valence electrons. The van der Waals surface area contributed by atoms with Crippen molar-refractivity contribution in [2.75, 3.05) is 11.5 Å². The number of carbonyl (C=O) groups is 1. The molecule has 1 atom stereocenters. The lowest BCUT2D eigenvalue weighted by molar-refractivity contribution is -0.137. The molecule has 3 nitrogen and oxygen atoms in total. The summed E-state index contributed by atoms with van der Waals surface area (Å²) >= 11 is 1.40. The molecule has 0 aromatic heterocycles. The number of carboxylic acids is 1. The third-order valence-electron chi connectivity index (χ3n) is 0.759. The van der Waals surface area contributed by atoms with Crippen molar-refractivity contribution in [3.8, 4) is 0 Å². The average Bonchev–Trinajstić information content (AvgIpc) is 1.88. The summed E-state index contributed by atoms with van der Waals surface area (Å²) in [6.07, 6.45) is 0. The second-order valence-corrected chi connectivity index (χ2v) is 2.67. The minimum atomic E-state index is -0.975. The summed E-state index contributed by atoms with van der Waals surface area (Å²) in [5, 5.41) is 8.30. The molecule has 0 unspecified atom stereocenters. The van der Waals surface area contributed by atoms with Gasteiger partial charge in [-0.1, -0.05) is 6.90 Å². The second kappa shape index (κ2) is 4.64. The first-order valence-corrected chi connectivity index (χ1v) is 3.69. The predicted octanol–water partition coefficient (Wildman–Crippen LogP) is 0.151. The van der Waals surface area contributed by atoms with Crippen LogP contribution < -0.4 is 5.73 Å². The molecule has 0 saturated carbocycles. The molecule has 0 saturated heterocycles. The van der Waals surface area contributed by atoms with Gasteiger partial charge in [0.2, 0.25) is 0 Å². The molecule has 0 aromatic rings. The van der Waals surface area contributed by atoms with Gasteiger partial charge in [0.25, 0.3) is 0 Å². The zero-order valence-electron chi connectivity index (χ0n) is 6.04. The molecular formula is C5H11NO2S. The summed E-state index contributed by atoms with van der Waals surface area (Å²) in [5.41, 5.74) is 5.18. The van der Waals surface area contributed by atoms with Gasteiger partial charge < -0.3 is 10.8 Å². The Balaban J connectivity index is 3.21. The second-order valence-electron chi connectivity index (χ2n) is 1.52. The van der Waals surface area contributed by atoms with E-state index in [1.165, 1.54) is 11.8 Å². The number of carboxylic acid groups (broad SMARTS) is 1. The minimum Gasteiger partial charge on any atom is -0.480 e. The third kappa shape index (κ3) is 4.29. The Morgan fingerprint density at radius 3 is 3.22 bits per heavy atom. The van der Waals surface area contributed by atoms with Gasteiger partial charge in [-0.2, -0.15) is 11.8 Å². The Morgan fingerprint density at radius 2 is 2.78 bits per heavy atom. The van der Waals surface area contributed by atoms with Crippen molar-refractivity contribution in [3.63, 3.8) is 0 Å². The van der Waals surface area contributed by atoms with Gasteiger partial charge in [0.15, 0.2) is 0 Å². The van der Waals surface area contributed by atoms with Gasteiger partial charge >= 0.3 is 5.97 Å². The third-order valence-corrected chi connectivity index (χ3v) is 1.64. The van der Waals surface area contributed by atoms with Crippen LogP contribution in [0.15, 0.2) is 0 Å². The van der Waals surface area contributed by atoms with Gasteiger partial charge in [0.05, 0.1) is 0 Å². The first-order valence-electron chi connectivity index (χ1n) is 3.24. The molecular weight excluding hydrogens is 138 g/mol. The fourth-order valence-electron chi connectivity index (χ4n) is 0.282. The quantitative estimate of drug-likeness (QED) is 0.560. The number of hydrogen-bond acceptors (Lipinski definition) is 3. The van der Waals surface area contributed by atoms with E-state index in [1.807, 2.05) is 0 Å². The van der Waals surface area contributed by atoms with Crippen LogP contribution >= 0.6 is 11.8 Å². The van der Waals surface area contributed by atoms with E-state index in [9.17, 15) is 4.79 Å². The van der Waals surface area contributed by atoms with Crippen molar-refractivity contribution < 1.29 is 11.3 Å². The molecule has 0 fully saturated rings. The van der Waals surface area contributed by atoms with Crippen molar-refractivity contribution in [1.82, 2.24) is 0 Å². The van der Waals surface area contributed by atoms with Crippen LogP contribution in [0.4, 0.5) is 0 Å². The van der Waals surface area contributed by atoms with Gasteiger partial charge in [-0.05, 0) is 5.75 Å². The fraction of sp³-hybridized carbons (Fsp3) is 0.800. The topological polar surface area (TPSA) is 63.3 Å². The van der Waals surface area contributed by atoms with Gasteiger partial charge in [0.1, 0.15) is 6.04 Å². The predicted molar refractivity (Wildman–Crippen MR) is 38.6 cm³/mol. The summed E-state index contributed by atoms with van der Waals surface area (Å²) in [4.78, 5) is 10.1. The van der Waals surface area contributed by atoms with Crippen molar-refractivity contribution >= 4 is 17.7 Å². The summed E-state index contributed by atoms with van der Waals surface area (Å²) in [5.74, 6) is 0.0762. The molecule has 3 N–H and O–H groups in total. The van der Waals surface area contributed by atoms with Crippen LogP contribution in [0.2, 0.25) is 0 Å². The molecule has 0 spiro atoms. The highest BCUT2D eigenvalue weighted by molar-refractivity contribution is 7.99. The zero-order chi connectivity index (χ0) is 7.98. The molecule has 0 aliphatic carbocycles. The van der Waals surface area contributed by atoms with Crippen LogP contribution in [-0.2, 0) is 4.79 Å². The average molecular weight is 150 g/mol. The molecule has 9 heavy (non-hydrogen) atoms. The highest BCUT2D eigenvalue weighted by atomic mass is 32.2. The maximum absolute atomic E-state index is 10.1. The molecule has 0 amide bonds. The van der Waals surface area contributed by atoms with Crippen LogP contribution in [0.3, 0.4) is 0 Å². The molecule has 4 heteroatoms. The van der Waals surface area contributed by atoms with Crippen LogP contribution in [0.1, 0.15) is 8.27 Å². The molecule has 0 rings (SSSR count). The molecule has 0 bridgehead atoms. The van der Waals surface area contributed by atoms with E-state index in [2.05, 4.69) is 0 Å². The maximum Gasteiger partial charge on any atom is 0.321 e. The SMILES string of the molecule is [2H]CCSC[C@H](N)C(=O)O. The Kier molecular flexibility index (Phi) is 3.55. The van der Waals surface area contributed by atoms with Gasteiger partial charge in [-0.15, -0.1) is 0 Å². The summed E-state index contributed by atoms with van der Waals surface area (Å²) in [6.45, 7) is 0.316. The highest BCUT2D eigenvalue weighted by Crippen LogP contribution is 1.99. The number of thioether (sulfide) groups is 1. The molecule has 0 aliphatic heterocycles. The maximum atomic E-state index is 10.1. The lowest BCUT2D eigenvalue weighted by Crippen LogP contribution is -2.32. The van der Waals surface area contributed by atoms with E-state index >= 15 is 0 Å². The van der Waals surface area contributed by atoms with Crippen molar-refractivity contribution in [2.45, 2.75) is 12.9 Å². The Hall–Kier alpha value is -0.220. The van der Waals surface area contributed by atoms with Crippen molar-refractivity contribution in [2.24, 2.45) is 5.73 Å². The summed E-state index contributed by atoms with van der Waals surface area (Å²) in [7, 11) is 0. The first kappa shape index (κ1) is 6.89. The fourth-order valence-corrected chi connectivity index (χ4v) is 0.845. The van der Waals surface area contributed by atoms with Crippen LogP contribution in [0, 0.1) is 0 Å². The number of hydrogen-bond donors (Lipinski definition) is 2. The number of aliphatic carboxylic acids is 1. The Bertz CT molecular complexity index is 112. The van der Waals surface area contributed by atoms with E-state index < -0.39 is 12.0 Å². The lowest BCUT2D eigenvalue weighted by atomic mass is 10.4. The molecule has 0 radical (unpaired) electrons. The molecule has 0 heterocycles. The van der Waals surface area contributed by atoms with Crippen molar-refractivity contribution in [1.29, 1.82) is 0 Å². The first-order chi connectivity index (χ1) is 4.68. The minimum absolute atomic E-state index is 0.316. The Labute approximate surface area is 60.0 Å². The number of nitrogens with two attached hydrogens (primary N) is 1. The van der Waals surface area contributed by atoms with E-state index in [1.54, 1.807) is 0 Å². The van der Waals surface area contributed by atoms with E-state index in [0.29, 0.717) is 18.4 Å². The van der Waals surface area contributed by atoms with Gasteiger partial charge in [-0.3, -0.25) is 4.79 Å². The molecule has 0 aliphatic rings. The Morgan fingerprint density at radius 1 is 2.11 bits per heavy atom. The lowest BCUT2D eigenvalue weighted by Gasteiger charge is -2.02. The van der Waals surface area contributed by atoms with E-state index in [-0.39, 0.29) is 0 Å². The van der Waals surface area contributed by atoms with Crippen LogP contribution in [0.25, 0.3) is 0 Å².